The Hall–Kier alpha value is -0.850. The van der Waals surface area contributed by atoms with Crippen molar-refractivity contribution in [3.8, 4) is 0 Å². The zero-order valence-corrected chi connectivity index (χ0v) is 9.69. The topological polar surface area (TPSA) is 49.0 Å². The van der Waals surface area contributed by atoms with E-state index >= 15 is 0 Å². The Morgan fingerprint density at radius 1 is 1.50 bits per heavy atom. The molecule has 5 heteroatoms. The molecule has 0 amide bonds. The summed E-state index contributed by atoms with van der Waals surface area (Å²) in [5, 5.41) is 0. The smallest absolute Gasteiger partial charge is 0.266 e. The van der Waals surface area contributed by atoms with Crippen LogP contribution in [0.1, 0.15) is 6.42 Å². The van der Waals surface area contributed by atoms with Gasteiger partial charge in [0.05, 0.1) is 6.33 Å². The van der Waals surface area contributed by atoms with Gasteiger partial charge in [0.1, 0.15) is 9.39 Å². The van der Waals surface area contributed by atoms with Crippen molar-refractivity contribution in [2.24, 2.45) is 0 Å². The fourth-order valence-corrected chi connectivity index (χ4v) is 2.06. The molecular weight excluding hydrogens is 293 g/mol. The van der Waals surface area contributed by atoms with Gasteiger partial charge in [-0.15, -0.1) is 0 Å². The Bertz CT molecular complexity index is 413. The number of nitrogens with one attached hydrogen (secondary N) is 1. The predicted molar refractivity (Wildman–Crippen MR) is 63.5 cm³/mol. The second-order valence-corrected chi connectivity index (χ2v) is 4.15. The van der Waals surface area contributed by atoms with Crippen molar-refractivity contribution in [1.29, 1.82) is 0 Å². The van der Waals surface area contributed by atoms with Gasteiger partial charge in [-0.05, 0) is 29.0 Å². The summed E-state index contributed by atoms with van der Waals surface area (Å²) >= 11 is 2.04. The maximum absolute atomic E-state index is 11.3. The minimum atomic E-state index is -0.0647. The van der Waals surface area contributed by atoms with E-state index in [2.05, 4.69) is 27.0 Å². The van der Waals surface area contributed by atoms with Crippen molar-refractivity contribution in [2.45, 2.75) is 6.42 Å². The van der Waals surface area contributed by atoms with Crippen LogP contribution in [0.4, 0.5) is 5.82 Å². The van der Waals surface area contributed by atoms with Crippen LogP contribution in [0.25, 0.3) is 0 Å². The van der Waals surface area contributed by atoms with E-state index in [1.54, 1.807) is 0 Å². The van der Waals surface area contributed by atoms with Crippen LogP contribution in [0.2, 0.25) is 0 Å². The lowest BCUT2D eigenvalue weighted by molar-refractivity contribution is 0.797. The molecule has 1 aliphatic rings. The summed E-state index contributed by atoms with van der Waals surface area (Å²) in [4.78, 5) is 20.2. The Labute approximate surface area is 95.2 Å². The van der Waals surface area contributed by atoms with E-state index < -0.39 is 0 Å². The van der Waals surface area contributed by atoms with E-state index in [9.17, 15) is 4.79 Å². The molecule has 74 valence electrons. The van der Waals surface area contributed by atoms with E-state index in [1.807, 2.05) is 22.6 Å². The first-order valence-electron chi connectivity index (χ1n) is 4.42. The molecule has 0 atom stereocenters. The molecule has 1 aliphatic heterocycles. The van der Waals surface area contributed by atoms with Crippen molar-refractivity contribution >= 4 is 28.4 Å². The fourth-order valence-electron chi connectivity index (χ4n) is 1.43. The lowest BCUT2D eigenvalue weighted by Gasteiger charge is -2.24. The number of halogens is 1. The molecule has 4 nitrogen and oxygen atoms in total. The van der Waals surface area contributed by atoms with Crippen molar-refractivity contribution in [3.63, 3.8) is 0 Å². The fraction of sp³-hybridized carbons (Fsp3) is 0.333. The minimum absolute atomic E-state index is 0.0647. The summed E-state index contributed by atoms with van der Waals surface area (Å²) < 4.78 is 0.667. The highest BCUT2D eigenvalue weighted by molar-refractivity contribution is 14.1. The number of anilines is 1. The van der Waals surface area contributed by atoms with Crippen LogP contribution in [-0.2, 0) is 0 Å². The lowest BCUT2D eigenvalue weighted by atomic mass is 10.2. The highest BCUT2D eigenvalue weighted by Crippen LogP contribution is 2.17. The average molecular weight is 303 g/mol. The van der Waals surface area contributed by atoms with E-state index in [0.29, 0.717) is 3.57 Å². The molecular formula is C9H10IN3O. The number of nitrogens with zero attached hydrogens (tertiary/aromatic N) is 2. The number of rotatable bonds is 1. The molecule has 0 aromatic carbocycles. The van der Waals surface area contributed by atoms with Gasteiger partial charge in [-0.2, -0.15) is 0 Å². The third kappa shape index (κ3) is 1.82. The Balaban J connectivity index is 2.36. The third-order valence-electron chi connectivity index (χ3n) is 2.14. The molecule has 0 bridgehead atoms. The van der Waals surface area contributed by atoms with Crippen LogP contribution in [-0.4, -0.2) is 23.1 Å². The van der Waals surface area contributed by atoms with Gasteiger partial charge in [-0.25, -0.2) is 4.98 Å². The van der Waals surface area contributed by atoms with Gasteiger partial charge in [-0.3, -0.25) is 4.79 Å². The standard InChI is InChI=1S/C9H10IN3O/c10-7-8(11-6-12-9(7)14)13-4-2-1-3-5-13/h1-2,6H,3-5H2,(H,11,12,14). The molecule has 0 saturated heterocycles. The van der Waals surface area contributed by atoms with Gasteiger partial charge in [0.15, 0.2) is 0 Å². The molecule has 1 aromatic rings. The van der Waals surface area contributed by atoms with E-state index in [-0.39, 0.29) is 5.56 Å². The maximum Gasteiger partial charge on any atom is 0.266 e. The zero-order chi connectivity index (χ0) is 9.97. The van der Waals surface area contributed by atoms with Gasteiger partial charge < -0.3 is 9.88 Å². The van der Waals surface area contributed by atoms with Crippen LogP contribution >= 0.6 is 22.6 Å². The second kappa shape index (κ2) is 4.12. The Morgan fingerprint density at radius 2 is 2.36 bits per heavy atom. The van der Waals surface area contributed by atoms with Crippen LogP contribution in [0.3, 0.4) is 0 Å². The van der Waals surface area contributed by atoms with Crippen LogP contribution in [0.5, 0.6) is 0 Å². The molecule has 2 heterocycles. The molecule has 0 fully saturated rings. The number of hydrogen-bond acceptors (Lipinski definition) is 3. The molecule has 0 saturated carbocycles. The highest BCUT2D eigenvalue weighted by atomic mass is 127. The van der Waals surface area contributed by atoms with E-state index in [4.69, 9.17) is 0 Å². The summed E-state index contributed by atoms with van der Waals surface area (Å²) in [7, 11) is 0. The van der Waals surface area contributed by atoms with Crippen molar-refractivity contribution in [3.05, 3.63) is 32.4 Å². The molecule has 2 rings (SSSR count). The Kier molecular flexibility index (Phi) is 2.85. The van der Waals surface area contributed by atoms with Crippen LogP contribution in [0.15, 0.2) is 23.3 Å². The molecule has 0 spiro atoms. The van der Waals surface area contributed by atoms with Crippen molar-refractivity contribution in [2.75, 3.05) is 18.0 Å². The maximum atomic E-state index is 11.3. The highest BCUT2D eigenvalue weighted by Gasteiger charge is 2.13. The van der Waals surface area contributed by atoms with Gasteiger partial charge in [0, 0.05) is 13.1 Å². The van der Waals surface area contributed by atoms with Crippen LogP contribution < -0.4 is 10.5 Å². The van der Waals surface area contributed by atoms with Crippen LogP contribution in [0, 0.1) is 3.57 Å². The number of aromatic amines is 1. The number of H-pyrrole nitrogens is 1. The lowest BCUT2D eigenvalue weighted by Crippen LogP contribution is -2.30. The Morgan fingerprint density at radius 3 is 3.07 bits per heavy atom. The quantitative estimate of drug-likeness (QED) is 0.625. The first-order valence-corrected chi connectivity index (χ1v) is 5.50. The molecule has 1 N–H and O–H groups in total. The first kappa shape index (κ1) is 9.70. The van der Waals surface area contributed by atoms with E-state index in [0.717, 1.165) is 25.3 Å². The molecule has 1 aromatic heterocycles. The second-order valence-electron chi connectivity index (χ2n) is 3.08. The summed E-state index contributed by atoms with van der Waals surface area (Å²) in [5.74, 6) is 0.790. The normalized spacial score (nSPS) is 15.9. The van der Waals surface area contributed by atoms with E-state index in [1.165, 1.54) is 6.33 Å². The molecule has 0 radical (unpaired) electrons. The number of aromatic nitrogens is 2. The summed E-state index contributed by atoms with van der Waals surface area (Å²) in [5.41, 5.74) is -0.0647. The van der Waals surface area contributed by atoms with Gasteiger partial charge in [0.25, 0.3) is 5.56 Å². The average Bonchev–Trinajstić information content (AvgIpc) is 2.23. The monoisotopic (exact) mass is 303 g/mol. The van der Waals surface area contributed by atoms with Crippen molar-refractivity contribution in [1.82, 2.24) is 9.97 Å². The summed E-state index contributed by atoms with van der Waals surface area (Å²) in [6.07, 6.45) is 6.72. The van der Waals surface area contributed by atoms with Gasteiger partial charge in [0.2, 0.25) is 0 Å². The number of hydrogen-bond donors (Lipinski definition) is 1. The van der Waals surface area contributed by atoms with Gasteiger partial charge >= 0.3 is 0 Å². The molecule has 0 aliphatic carbocycles. The predicted octanol–water partition coefficient (Wildman–Crippen LogP) is 1.14. The first-order chi connectivity index (χ1) is 6.79. The molecule has 0 unspecified atom stereocenters. The molecule has 14 heavy (non-hydrogen) atoms. The van der Waals surface area contributed by atoms with Crippen molar-refractivity contribution < 1.29 is 0 Å². The minimum Gasteiger partial charge on any atom is -0.351 e. The van der Waals surface area contributed by atoms with Gasteiger partial charge in [-0.1, -0.05) is 12.2 Å². The zero-order valence-electron chi connectivity index (χ0n) is 7.53. The largest absolute Gasteiger partial charge is 0.351 e. The summed E-state index contributed by atoms with van der Waals surface area (Å²) in [6, 6.07) is 0. The summed E-state index contributed by atoms with van der Waals surface area (Å²) in [6.45, 7) is 1.77. The SMILES string of the molecule is O=c1[nH]cnc(N2CC=CCC2)c1I. The third-order valence-corrected chi connectivity index (χ3v) is 3.11.